The summed E-state index contributed by atoms with van der Waals surface area (Å²) in [5, 5.41) is 3.93. The molecule has 0 atom stereocenters. The molecule has 0 amide bonds. The fourth-order valence-electron chi connectivity index (χ4n) is 1.80. The maximum absolute atomic E-state index is 13.6. The van der Waals surface area contributed by atoms with Crippen molar-refractivity contribution in [3.63, 3.8) is 0 Å². The predicted molar refractivity (Wildman–Crippen MR) is 67.3 cm³/mol. The van der Waals surface area contributed by atoms with Crippen molar-refractivity contribution in [1.82, 2.24) is 9.78 Å². The van der Waals surface area contributed by atoms with Gasteiger partial charge in [0.25, 0.3) is 0 Å². The van der Waals surface area contributed by atoms with Crippen molar-refractivity contribution in [2.75, 3.05) is 0 Å². The molecule has 0 N–H and O–H groups in total. The topological polar surface area (TPSA) is 34.9 Å². The molecule has 0 spiro atoms. The third-order valence-corrected chi connectivity index (χ3v) is 3.00. The molecule has 1 aromatic carbocycles. The SMILES string of the molecule is CCCn1ncc(Cl)c1C(=O)c1ccc(F)c(F)c1F. The lowest BCUT2D eigenvalue weighted by Gasteiger charge is -2.07. The molecule has 0 bridgehead atoms. The van der Waals surface area contributed by atoms with E-state index in [2.05, 4.69) is 5.10 Å². The summed E-state index contributed by atoms with van der Waals surface area (Å²) in [6.07, 6.45) is 1.93. The number of halogens is 4. The van der Waals surface area contributed by atoms with E-state index in [9.17, 15) is 18.0 Å². The van der Waals surface area contributed by atoms with E-state index < -0.39 is 28.8 Å². The van der Waals surface area contributed by atoms with Gasteiger partial charge in [0.05, 0.1) is 16.8 Å². The second-order valence-corrected chi connectivity index (χ2v) is 4.52. The third kappa shape index (κ3) is 2.43. The molecule has 2 aromatic rings. The second kappa shape index (κ2) is 5.66. The van der Waals surface area contributed by atoms with E-state index in [0.29, 0.717) is 19.0 Å². The molecule has 2 rings (SSSR count). The van der Waals surface area contributed by atoms with Crippen LogP contribution in [-0.2, 0) is 6.54 Å². The summed E-state index contributed by atoms with van der Waals surface area (Å²) in [5.41, 5.74) is -0.623. The zero-order chi connectivity index (χ0) is 14.9. The molecule has 106 valence electrons. The van der Waals surface area contributed by atoms with Crippen LogP contribution in [0.3, 0.4) is 0 Å². The first kappa shape index (κ1) is 14.6. The monoisotopic (exact) mass is 302 g/mol. The first-order chi connectivity index (χ1) is 9.47. The minimum atomic E-state index is -1.69. The van der Waals surface area contributed by atoms with Crippen molar-refractivity contribution in [2.45, 2.75) is 19.9 Å². The number of rotatable bonds is 4. The van der Waals surface area contributed by atoms with Crippen molar-refractivity contribution in [3.05, 3.63) is 52.1 Å². The minimum absolute atomic E-state index is 0.0348. The van der Waals surface area contributed by atoms with E-state index in [1.54, 1.807) is 0 Å². The zero-order valence-corrected chi connectivity index (χ0v) is 11.2. The molecular weight excluding hydrogens is 293 g/mol. The molecule has 7 heteroatoms. The lowest BCUT2D eigenvalue weighted by molar-refractivity contribution is 0.102. The Hall–Kier alpha value is -1.82. The Morgan fingerprint density at radius 1 is 1.30 bits per heavy atom. The standard InChI is InChI=1S/C13H10ClF3N2O/c1-2-5-19-12(8(14)6-18-19)13(20)7-3-4-9(15)11(17)10(7)16/h3-4,6H,2,5H2,1H3. The number of benzene rings is 1. The number of carbonyl (C=O) groups excluding carboxylic acids is 1. The molecule has 0 aliphatic heterocycles. The van der Waals surface area contributed by atoms with E-state index in [1.807, 2.05) is 6.92 Å². The summed E-state index contributed by atoms with van der Waals surface area (Å²) in [5.74, 6) is -5.41. The molecule has 0 aliphatic carbocycles. The Morgan fingerprint density at radius 2 is 2.00 bits per heavy atom. The molecule has 1 aromatic heterocycles. The Balaban J connectivity index is 2.52. The van der Waals surface area contributed by atoms with Crippen LogP contribution < -0.4 is 0 Å². The molecule has 0 unspecified atom stereocenters. The van der Waals surface area contributed by atoms with Crippen molar-refractivity contribution >= 4 is 17.4 Å². The van der Waals surface area contributed by atoms with E-state index >= 15 is 0 Å². The van der Waals surface area contributed by atoms with Crippen molar-refractivity contribution < 1.29 is 18.0 Å². The summed E-state index contributed by atoms with van der Waals surface area (Å²) in [4.78, 5) is 12.2. The summed E-state index contributed by atoms with van der Waals surface area (Å²) in [6.45, 7) is 2.26. The number of ketones is 1. The average molecular weight is 303 g/mol. The Bertz CT molecular complexity index is 670. The van der Waals surface area contributed by atoms with Gasteiger partial charge in [-0.15, -0.1) is 0 Å². The van der Waals surface area contributed by atoms with E-state index in [-0.39, 0.29) is 10.7 Å². The van der Waals surface area contributed by atoms with Crippen LogP contribution in [0.15, 0.2) is 18.3 Å². The van der Waals surface area contributed by atoms with Crippen molar-refractivity contribution in [3.8, 4) is 0 Å². The molecule has 3 nitrogen and oxygen atoms in total. The molecule has 20 heavy (non-hydrogen) atoms. The molecule has 0 aliphatic rings. The van der Waals surface area contributed by atoms with E-state index in [1.165, 1.54) is 10.9 Å². The van der Waals surface area contributed by atoms with Gasteiger partial charge in [-0.05, 0) is 18.6 Å². The van der Waals surface area contributed by atoms with Gasteiger partial charge in [-0.2, -0.15) is 5.10 Å². The highest BCUT2D eigenvalue weighted by molar-refractivity contribution is 6.34. The fraction of sp³-hybridized carbons (Fsp3) is 0.231. The van der Waals surface area contributed by atoms with Gasteiger partial charge in [-0.3, -0.25) is 9.48 Å². The van der Waals surface area contributed by atoms with Gasteiger partial charge in [-0.25, -0.2) is 13.2 Å². The van der Waals surface area contributed by atoms with Crippen LogP contribution in [0.25, 0.3) is 0 Å². The summed E-state index contributed by atoms with van der Waals surface area (Å²) in [7, 11) is 0. The highest BCUT2D eigenvalue weighted by Gasteiger charge is 2.24. The molecular formula is C13H10ClF3N2O. The quantitative estimate of drug-likeness (QED) is 0.639. The number of nitrogens with zero attached hydrogens (tertiary/aromatic N) is 2. The zero-order valence-electron chi connectivity index (χ0n) is 10.5. The molecule has 0 radical (unpaired) electrons. The highest BCUT2D eigenvalue weighted by Crippen LogP contribution is 2.23. The average Bonchev–Trinajstić information content (AvgIpc) is 2.77. The van der Waals surface area contributed by atoms with Gasteiger partial charge in [0, 0.05) is 6.54 Å². The van der Waals surface area contributed by atoms with Gasteiger partial charge in [0.15, 0.2) is 17.5 Å². The number of hydrogen-bond acceptors (Lipinski definition) is 2. The van der Waals surface area contributed by atoms with Crippen molar-refractivity contribution in [1.29, 1.82) is 0 Å². The van der Waals surface area contributed by atoms with Crippen LogP contribution in [-0.4, -0.2) is 15.6 Å². The van der Waals surface area contributed by atoms with Crippen LogP contribution in [0.4, 0.5) is 13.2 Å². The summed E-state index contributed by atoms with van der Waals surface area (Å²) in [6, 6.07) is 1.58. The first-order valence-corrected chi connectivity index (χ1v) is 6.24. The highest BCUT2D eigenvalue weighted by atomic mass is 35.5. The van der Waals surface area contributed by atoms with Crippen LogP contribution in [0.2, 0.25) is 5.02 Å². The Morgan fingerprint density at radius 3 is 2.65 bits per heavy atom. The lowest BCUT2D eigenvalue weighted by Crippen LogP contribution is -2.14. The largest absolute Gasteiger partial charge is 0.287 e. The maximum atomic E-state index is 13.6. The van der Waals surface area contributed by atoms with E-state index in [4.69, 9.17) is 11.6 Å². The number of carbonyl (C=O) groups is 1. The number of aromatic nitrogens is 2. The van der Waals surface area contributed by atoms with Gasteiger partial charge < -0.3 is 0 Å². The molecule has 0 saturated heterocycles. The van der Waals surface area contributed by atoms with Crippen LogP contribution in [0, 0.1) is 17.5 Å². The van der Waals surface area contributed by atoms with Crippen LogP contribution in [0.5, 0.6) is 0 Å². The van der Waals surface area contributed by atoms with E-state index in [0.717, 1.165) is 6.07 Å². The molecule has 0 saturated carbocycles. The van der Waals surface area contributed by atoms with Crippen molar-refractivity contribution in [2.24, 2.45) is 0 Å². The van der Waals surface area contributed by atoms with Gasteiger partial charge in [0.1, 0.15) is 5.69 Å². The number of aryl methyl sites for hydroxylation is 1. The summed E-state index contributed by atoms with van der Waals surface area (Å²) >= 11 is 5.85. The predicted octanol–water partition coefficient (Wildman–Crippen LogP) is 3.59. The van der Waals surface area contributed by atoms with Gasteiger partial charge in [0.2, 0.25) is 5.78 Å². The van der Waals surface area contributed by atoms with Crippen LogP contribution >= 0.6 is 11.6 Å². The van der Waals surface area contributed by atoms with Gasteiger partial charge in [-0.1, -0.05) is 18.5 Å². The number of hydrogen-bond donors (Lipinski definition) is 0. The maximum Gasteiger partial charge on any atom is 0.215 e. The smallest absolute Gasteiger partial charge is 0.215 e. The lowest BCUT2D eigenvalue weighted by atomic mass is 10.1. The second-order valence-electron chi connectivity index (χ2n) is 4.12. The normalized spacial score (nSPS) is 10.8. The Kier molecular flexibility index (Phi) is 4.13. The third-order valence-electron chi connectivity index (χ3n) is 2.73. The minimum Gasteiger partial charge on any atom is -0.287 e. The Labute approximate surface area is 118 Å². The first-order valence-electron chi connectivity index (χ1n) is 5.86. The molecule has 1 heterocycles. The van der Waals surface area contributed by atoms with Crippen LogP contribution in [0.1, 0.15) is 29.4 Å². The fourth-order valence-corrected chi connectivity index (χ4v) is 2.03. The molecule has 0 fully saturated rings. The summed E-state index contributed by atoms with van der Waals surface area (Å²) < 4.78 is 41.0. The van der Waals surface area contributed by atoms with Gasteiger partial charge >= 0.3 is 0 Å².